The number of phenolic OH excluding ortho intramolecular Hbond substituents is 1. The van der Waals surface area contributed by atoms with E-state index in [4.69, 9.17) is 16.3 Å². The number of rotatable bonds is 4. The highest BCUT2D eigenvalue weighted by Gasteiger charge is 2.18. The first-order chi connectivity index (χ1) is 12.0. The average Bonchev–Trinajstić information content (AvgIpc) is 2.60. The summed E-state index contributed by atoms with van der Waals surface area (Å²) in [7, 11) is 0. The molecule has 0 amide bonds. The molecule has 0 aliphatic heterocycles. The van der Waals surface area contributed by atoms with E-state index < -0.39 is 5.97 Å². The fraction of sp³-hybridized carbons (Fsp3) is 0.158. The highest BCUT2D eigenvalue weighted by atomic mass is 35.5. The minimum atomic E-state index is -0.652. The molecule has 2 aromatic carbocycles. The number of phenols is 1. The van der Waals surface area contributed by atoms with Crippen molar-refractivity contribution in [2.45, 2.75) is 13.3 Å². The maximum atomic E-state index is 13.0. The summed E-state index contributed by atoms with van der Waals surface area (Å²) in [5, 5.41) is 11.1. The zero-order valence-corrected chi connectivity index (χ0v) is 14.2. The summed E-state index contributed by atoms with van der Waals surface area (Å²) in [5.41, 5.74) is 1.99. The number of ether oxygens (including phenoxy) is 1. The van der Waals surface area contributed by atoms with Gasteiger partial charge in [0.1, 0.15) is 16.9 Å². The van der Waals surface area contributed by atoms with Crippen LogP contribution in [-0.4, -0.2) is 22.7 Å². The Labute approximate surface area is 148 Å². The van der Waals surface area contributed by atoms with E-state index in [9.17, 15) is 14.3 Å². The zero-order valence-electron chi connectivity index (χ0n) is 13.4. The average molecular weight is 360 g/mol. The van der Waals surface area contributed by atoms with Crippen molar-refractivity contribution in [1.29, 1.82) is 0 Å². The van der Waals surface area contributed by atoms with Gasteiger partial charge in [-0.05, 0) is 48.7 Å². The lowest BCUT2D eigenvalue weighted by Crippen LogP contribution is -2.05. The summed E-state index contributed by atoms with van der Waals surface area (Å²) in [6, 6.07) is 9.36. The predicted octanol–water partition coefficient (Wildman–Crippen LogP) is 4.50. The van der Waals surface area contributed by atoms with E-state index in [-0.39, 0.29) is 29.3 Å². The van der Waals surface area contributed by atoms with Crippen LogP contribution in [0.3, 0.4) is 0 Å². The number of carbonyl (C=O) groups excluding carboxylic acids is 1. The molecule has 4 nitrogen and oxygen atoms in total. The minimum Gasteiger partial charge on any atom is -0.505 e. The summed E-state index contributed by atoms with van der Waals surface area (Å²) < 4.78 is 17.9. The Kier molecular flexibility index (Phi) is 4.86. The van der Waals surface area contributed by atoms with Gasteiger partial charge in [-0.15, -0.1) is 0 Å². The Morgan fingerprint density at radius 3 is 2.64 bits per heavy atom. The molecule has 0 fully saturated rings. The number of aromatic nitrogens is 1. The van der Waals surface area contributed by atoms with Crippen LogP contribution in [0.2, 0.25) is 5.02 Å². The first-order valence-corrected chi connectivity index (χ1v) is 8.09. The third-order valence-electron chi connectivity index (χ3n) is 3.77. The van der Waals surface area contributed by atoms with Crippen LogP contribution >= 0.6 is 11.6 Å². The van der Waals surface area contributed by atoms with E-state index in [0.717, 1.165) is 11.1 Å². The van der Waals surface area contributed by atoms with Gasteiger partial charge in [0, 0.05) is 11.6 Å². The molecule has 0 saturated carbocycles. The molecule has 0 atom stereocenters. The van der Waals surface area contributed by atoms with Crippen LogP contribution in [0, 0.1) is 5.82 Å². The summed E-state index contributed by atoms with van der Waals surface area (Å²) >= 11 is 6.27. The van der Waals surface area contributed by atoms with Gasteiger partial charge in [0.25, 0.3) is 0 Å². The fourth-order valence-electron chi connectivity index (χ4n) is 2.58. The quantitative estimate of drug-likeness (QED) is 0.697. The summed E-state index contributed by atoms with van der Waals surface area (Å²) in [5.74, 6) is -1.20. The lowest BCUT2D eigenvalue weighted by atomic mass is 10.0. The summed E-state index contributed by atoms with van der Waals surface area (Å²) in [6.45, 7) is 1.87. The highest BCUT2D eigenvalue weighted by molar-refractivity contribution is 6.36. The number of carbonyl (C=O) groups is 1. The number of nitrogens with zero attached hydrogens (tertiary/aromatic N) is 1. The van der Waals surface area contributed by atoms with Crippen molar-refractivity contribution >= 4 is 28.5 Å². The maximum Gasteiger partial charge on any atom is 0.342 e. The van der Waals surface area contributed by atoms with E-state index in [1.165, 1.54) is 18.2 Å². The molecule has 25 heavy (non-hydrogen) atoms. The van der Waals surface area contributed by atoms with Gasteiger partial charge in [-0.25, -0.2) is 9.18 Å². The van der Waals surface area contributed by atoms with Gasteiger partial charge in [-0.3, -0.25) is 4.98 Å². The molecule has 0 radical (unpaired) electrons. The second-order valence-corrected chi connectivity index (χ2v) is 5.93. The number of halogens is 2. The normalized spacial score (nSPS) is 10.8. The summed E-state index contributed by atoms with van der Waals surface area (Å²) in [4.78, 5) is 16.1. The van der Waals surface area contributed by atoms with Crippen LogP contribution in [0.4, 0.5) is 4.39 Å². The molecule has 1 heterocycles. The molecule has 6 heteroatoms. The first kappa shape index (κ1) is 17.2. The van der Waals surface area contributed by atoms with E-state index in [1.807, 2.05) is 0 Å². The monoisotopic (exact) mass is 359 g/mol. The number of hydrogen-bond acceptors (Lipinski definition) is 4. The van der Waals surface area contributed by atoms with Crippen LogP contribution in [0.1, 0.15) is 28.4 Å². The Hall–Kier alpha value is -2.66. The zero-order chi connectivity index (χ0) is 18.0. The van der Waals surface area contributed by atoms with Crippen molar-refractivity contribution in [3.63, 3.8) is 0 Å². The number of fused-ring (bicyclic) bond motifs is 1. The molecule has 0 bridgehead atoms. The number of hydrogen-bond donors (Lipinski definition) is 1. The van der Waals surface area contributed by atoms with Crippen molar-refractivity contribution in [3.05, 3.63) is 70.1 Å². The first-order valence-electron chi connectivity index (χ1n) is 7.71. The number of esters is 1. The fourth-order valence-corrected chi connectivity index (χ4v) is 2.83. The van der Waals surface area contributed by atoms with Crippen LogP contribution in [0.25, 0.3) is 10.9 Å². The standard InChI is InChI=1S/C19H15ClFNO3/c1-2-25-19(24)15-9-16(20)14-8-12(10-22-17(14)18(15)23)7-11-3-5-13(21)6-4-11/h3-6,8-10,23H,2,7H2,1H3. The van der Waals surface area contributed by atoms with E-state index in [0.29, 0.717) is 16.8 Å². The van der Waals surface area contributed by atoms with Gasteiger partial charge in [0.05, 0.1) is 11.6 Å². The van der Waals surface area contributed by atoms with Gasteiger partial charge in [-0.2, -0.15) is 0 Å². The molecule has 0 saturated heterocycles. The number of pyridine rings is 1. The molecule has 0 unspecified atom stereocenters. The number of benzene rings is 2. The van der Waals surface area contributed by atoms with Gasteiger partial charge in [0.2, 0.25) is 0 Å². The Morgan fingerprint density at radius 2 is 1.96 bits per heavy atom. The molecule has 3 rings (SSSR count). The van der Waals surface area contributed by atoms with Gasteiger partial charge in [-0.1, -0.05) is 23.7 Å². The van der Waals surface area contributed by atoms with Gasteiger partial charge in [0.15, 0.2) is 5.75 Å². The van der Waals surface area contributed by atoms with Gasteiger partial charge < -0.3 is 9.84 Å². The number of aromatic hydroxyl groups is 1. The lowest BCUT2D eigenvalue weighted by Gasteiger charge is -2.10. The van der Waals surface area contributed by atoms with Crippen molar-refractivity contribution in [1.82, 2.24) is 4.98 Å². The molecule has 1 N–H and O–H groups in total. The molecular weight excluding hydrogens is 345 g/mol. The lowest BCUT2D eigenvalue weighted by molar-refractivity contribution is 0.0523. The van der Waals surface area contributed by atoms with Crippen molar-refractivity contribution < 1.29 is 19.0 Å². The molecule has 0 aliphatic carbocycles. The molecule has 0 spiro atoms. The molecule has 0 aliphatic rings. The van der Waals surface area contributed by atoms with Gasteiger partial charge >= 0.3 is 5.97 Å². The third-order valence-corrected chi connectivity index (χ3v) is 4.08. The van der Waals surface area contributed by atoms with E-state index in [1.54, 1.807) is 31.3 Å². The molecular formula is C19H15ClFNO3. The second kappa shape index (κ2) is 7.07. The van der Waals surface area contributed by atoms with Crippen molar-refractivity contribution in [3.8, 4) is 5.75 Å². The summed E-state index contributed by atoms with van der Waals surface area (Å²) in [6.07, 6.45) is 2.14. The van der Waals surface area contributed by atoms with E-state index >= 15 is 0 Å². The van der Waals surface area contributed by atoms with Crippen molar-refractivity contribution in [2.24, 2.45) is 0 Å². The topological polar surface area (TPSA) is 59.4 Å². The minimum absolute atomic E-state index is 0.0156. The molecule has 128 valence electrons. The maximum absolute atomic E-state index is 13.0. The molecule has 3 aromatic rings. The predicted molar refractivity (Wildman–Crippen MR) is 93.6 cm³/mol. The van der Waals surface area contributed by atoms with E-state index in [2.05, 4.69) is 4.98 Å². The Bertz CT molecular complexity index is 942. The largest absolute Gasteiger partial charge is 0.505 e. The van der Waals surface area contributed by atoms with Crippen molar-refractivity contribution in [2.75, 3.05) is 6.61 Å². The highest BCUT2D eigenvalue weighted by Crippen LogP contribution is 2.34. The Balaban J connectivity index is 2.00. The van der Waals surface area contributed by atoms with Crippen LogP contribution < -0.4 is 0 Å². The third kappa shape index (κ3) is 3.56. The SMILES string of the molecule is CCOC(=O)c1cc(Cl)c2cc(Cc3ccc(F)cc3)cnc2c1O. The van der Waals surface area contributed by atoms with Crippen LogP contribution in [-0.2, 0) is 11.2 Å². The van der Waals surface area contributed by atoms with Crippen LogP contribution in [0.5, 0.6) is 5.75 Å². The van der Waals surface area contributed by atoms with Crippen LogP contribution in [0.15, 0.2) is 42.6 Å². The second-order valence-electron chi connectivity index (χ2n) is 5.52. The smallest absolute Gasteiger partial charge is 0.342 e. The molecule has 1 aromatic heterocycles. The Morgan fingerprint density at radius 1 is 1.24 bits per heavy atom.